The van der Waals surface area contributed by atoms with Crippen molar-refractivity contribution in [3.8, 4) is 0 Å². The lowest BCUT2D eigenvalue weighted by Crippen LogP contribution is -2.48. The van der Waals surface area contributed by atoms with Gasteiger partial charge < -0.3 is 14.8 Å². The minimum absolute atomic E-state index is 0.253. The zero-order valence-electron chi connectivity index (χ0n) is 17.0. The Kier molecular flexibility index (Phi) is 6.17. The Morgan fingerprint density at radius 2 is 1.73 bits per heavy atom. The van der Waals surface area contributed by atoms with E-state index in [9.17, 15) is 14.0 Å². The molecule has 1 heterocycles. The van der Waals surface area contributed by atoms with Gasteiger partial charge in [-0.15, -0.1) is 0 Å². The number of nitrogens with one attached hydrogen (secondary N) is 1. The number of benzene rings is 2. The number of carbonyl (C=O) groups excluding carboxylic acids is 2. The molecule has 2 aromatic rings. The van der Waals surface area contributed by atoms with E-state index in [1.807, 2.05) is 0 Å². The van der Waals surface area contributed by atoms with Crippen LogP contribution >= 0.6 is 12.2 Å². The second-order valence-electron chi connectivity index (χ2n) is 6.72. The summed E-state index contributed by atoms with van der Waals surface area (Å²) in [7, 11) is 2.56. The summed E-state index contributed by atoms with van der Waals surface area (Å²) in [5.41, 5.74) is 2.50. The summed E-state index contributed by atoms with van der Waals surface area (Å²) in [5.74, 6) is -1.52. The van der Waals surface area contributed by atoms with Gasteiger partial charge in [-0.1, -0.05) is 24.3 Å². The molecule has 3 rings (SSSR count). The van der Waals surface area contributed by atoms with Crippen LogP contribution in [0.15, 0.2) is 53.7 Å². The third-order valence-corrected chi connectivity index (χ3v) is 5.28. The largest absolute Gasteiger partial charge is 0.466 e. The Labute approximate surface area is 179 Å². The summed E-state index contributed by atoms with van der Waals surface area (Å²) in [5, 5.41) is 3.36. The zero-order chi connectivity index (χ0) is 22.0. The first-order valence-corrected chi connectivity index (χ1v) is 9.54. The molecule has 6 nitrogen and oxygen atoms in total. The van der Waals surface area contributed by atoms with E-state index >= 15 is 0 Å². The van der Waals surface area contributed by atoms with E-state index in [4.69, 9.17) is 21.7 Å². The predicted octanol–water partition coefficient (Wildman–Crippen LogP) is 3.80. The third-order valence-electron chi connectivity index (χ3n) is 4.98. The molecule has 0 bridgehead atoms. The van der Waals surface area contributed by atoms with Gasteiger partial charge in [0.05, 0.1) is 37.1 Å². The van der Waals surface area contributed by atoms with Gasteiger partial charge in [0.1, 0.15) is 5.82 Å². The highest BCUT2D eigenvalue weighted by Gasteiger charge is 2.37. The number of methoxy groups -OCH3 is 2. The van der Waals surface area contributed by atoms with Crippen molar-refractivity contribution >= 4 is 35.0 Å². The highest BCUT2D eigenvalue weighted by Crippen LogP contribution is 2.36. The maximum absolute atomic E-state index is 14.2. The highest BCUT2D eigenvalue weighted by atomic mass is 32.1. The van der Waals surface area contributed by atoms with Gasteiger partial charge in [0, 0.05) is 5.70 Å². The van der Waals surface area contributed by atoms with Crippen LogP contribution in [0.5, 0.6) is 0 Å². The summed E-state index contributed by atoms with van der Waals surface area (Å²) in [4.78, 5) is 26.6. The number of thiocarbonyl (C=S) groups is 1. The molecule has 1 aliphatic heterocycles. The average molecular weight is 428 g/mol. The number of carbonyl (C=O) groups is 2. The quantitative estimate of drug-likeness (QED) is 0.587. The summed E-state index contributed by atoms with van der Waals surface area (Å²) in [6, 6.07) is 10.7. The number of allylic oxidation sites excluding steroid dienone is 1. The Morgan fingerprint density at radius 1 is 1.07 bits per heavy atom. The summed E-state index contributed by atoms with van der Waals surface area (Å²) >= 11 is 5.54. The SMILES string of the molecule is COC(=O)C1=C(C)N(c2ccc(C)c(F)c2)C(=S)N[C@@H]1c1ccccc1C(=O)OC. The first-order valence-electron chi connectivity index (χ1n) is 9.13. The maximum atomic E-state index is 14.2. The van der Waals surface area contributed by atoms with Crippen molar-refractivity contribution in [2.75, 3.05) is 19.1 Å². The molecule has 0 spiro atoms. The molecule has 0 aliphatic carbocycles. The normalized spacial score (nSPS) is 16.2. The standard InChI is InChI=1S/C22H21FN2O4S/c1-12-9-10-14(11-17(12)23)25-13(2)18(21(27)29-4)19(24-22(25)30)15-7-5-6-8-16(15)20(26)28-3/h5-11,19H,1-4H3,(H,24,30)/t19-/m1/s1. The predicted molar refractivity (Wildman–Crippen MR) is 115 cm³/mol. The first-order chi connectivity index (χ1) is 14.3. The van der Waals surface area contributed by atoms with Crippen molar-refractivity contribution in [1.82, 2.24) is 5.32 Å². The van der Waals surface area contributed by atoms with Gasteiger partial charge in [-0.3, -0.25) is 4.90 Å². The zero-order valence-corrected chi connectivity index (χ0v) is 17.8. The number of halogens is 1. The number of ether oxygens (including phenoxy) is 2. The number of rotatable bonds is 4. The molecule has 156 valence electrons. The van der Waals surface area contributed by atoms with Crippen molar-refractivity contribution in [3.63, 3.8) is 0 Å². The number of hydrogen-bond donors (Lipinski definition) is 1. The lowest BCUT2D eigenvalue weighted by molar-refractivity contribution is -0.136. The topological polar surface area (TPSA) is 67.9 Å². The summed E-state index contributed by atoms with van der Waals surface area (Å²) in [6.45, 7) is 3.36. The monoisotopic (exact) mass is 428 g/mol. The Bertz CT molecular complexity index is 1070. The fourth-order valence-corrected chi connectivity index (χ4v) is 3.79. The molecule has 1 N–H and O–H groups in total. The highest BCUT2D eigenvalue weighted by molar-refractivity contribution is 7.80. The summed E-state index contributed by atoms with van der Waals surface area (Å²) < 4.78 is 24.1. The number of aryl methyl sites for hydroxylation is 1. The van der Waals surface area contributed by atoms with Gasteiger partial charge in [0.25, 0.3) is 0 Å². The molecular formula is C22H21FN2O4S. The van der Waals surface area contributed by atoms with E-state index < -0.39 is 18.0 Å². The molecule has 8 heteroatoms. The van der Waals surface area contributed by atoms with Crippen LogP contribution in [-0.2, 0) is 14.3 Å². The Balaban J connectivity index is 2.20. The second-order valence-corrected chi connectivity index (χ2v) is 7.11. The minimum Gasteiger partial charge on any atom is -0.466 e. The van der Waals surface area contributed by atoms with Crippen LogP contribution in [0.3, 0.4) is 0 Å². The molecule has 0 fully saturated rings. The van der Waals surface area contributed by atoms with Crippen molar-refractivity contribution in [2.45, 2.75) is 19.9 Å². The van der Waals surface area contributed by atoms with Crippen molar-refractivity contribution in [1.29, 1.82) is 0 Å². The Hall–Kier alpha value is -3.26. The van der Waals surface area contributed by atoms with Crippen molar-refractivity contribution in [3.05, 3.63) is 76.2 Å². The van der Waals surface area contributed by atoms with Gasteiger partial charge in [-0.25, -0.2) is 14.0 Å². The van der Waals surface area contributed by atoms with Crippen LogP contribution in [0.25, 0.3) is 0 Å². The van der Waals surface area contributed by atoms with E-state index in [1.165, 1.54) is 20.3 Å². The van der Waals surface area contributed by atoms with E-state index in [1.54, 1.807) is 55.1 Å². The molecule has 30 heavy (non-hydrogen) atoms. The maximum Gasteiger partial charge on any atom is 0.338 e. The summed E-state index contributed by atoms with van der Waals surface area (Å²) in [6.07, 6.45) is 0. The van der Waals surface area contributed by atoms with E-state index in [0.717, 1.165) is 0 Å². The van der Waals surface area contributed by atoms with Gasteiger partial charge in [0.15, 0.2) is 5.11 Å². The van der Waals surface area contributed by atoms with Crippen molar-refractivity contribution < 1.29 is 23.5 Å². The fraction of sp³-hybridized carbons (Fsp3) is 0.227. The van der Waals surface area contributed by atoms with E-state index in [0.29, 0.717) is 28.1 Å². The molecule has 0 radical (unpaired) electrons. The fourth-order valence-electron chi connectivity index (χ4n) is 3.43. The van der Waals surface area contributed by atoms with E-state index in [-0.39, 0.29) is 16.5 Å². The van der Waals surface area contributed by atoms with Crippen molar-refractivity contribution in [2.24, 2.45) is 0 Å². The molecule has 1 atom stereocenters. The van der Waals surface area contributed by atoms with Gasteiger partial charge in [0.2, 0.25) is 0 Å². The molecule has 0 saturated carbocycles. The van der Waals surface area contributed by atoms with Crippen LogP contribution in [-0.4, -0.2) is 31.3 Å². The number of esters is 2. The number of hydrogen-bond acceptors (Lipinski definition) is 5. The third kappa shape index (κ3) is 3.78. The van der Waals surface area contributed by atoms with Crippen LogP contribution in [0.1, 0.15) is 34.5 Å². The van der Waals surface area contributed by atoms with Crippen LogP contribution < -0.4 is 10.2 Å². The lowest BCUT2D eigenvalue weighted by atomic mass is 9.91. The van der Waals surface area contributed by atoms with Crippen LogP contribution in [0.2, 0.25) is 0 Å². The minimum atomic E-state index is -0.744. The lowest BCUT2D eigenvalue weighted by Gasteiger charge is -2.37. The molecule has 0 saturated heterocycles. The van der Waals surface area contributed by atoms with Gasteiger partial charge >= 0.3 is 11.9 Å². The molecule has 0 aromatic heterocycles. The number of nitrogens with zero attached hydrogens (tertiary/aromatic N) is 1. The Morgan fingerprint density at radius 3 is 2.37 bits per heavy atom. The first kappa shape index (κ1) is 21.4. The smallest absolute Gasteiger partial charge is 0.338 e. The molecule has 0 unspecified atom stereocenters. The van der Waals surface area contributed by atoms with E-state index in [2.05, 4.69) is 5.32 Å². The second kappa shape index (κ2) is 8.62. The molecule has 2 aromatic carbocycles. The van der Waals surface area contributed by atoms with Crippen LogP contribution in [0.4, 0.5) is 10.1 Å². The molecular weight excluding hydrogens is 407 g/mol. The number of anilines is 1. The van der Waals surface area contributed by atoms with Crippen LogP contribution in [0, 0.1) is 12.7 Å². The van der Waals surface area contributed by atoms with Gasteiger partial charge in [-0.2, -0.15) is 0 Å². The van der Waals surface area contributed by atoms with Gasteiger partial charge in [-0.05, 0) is 55.4 Å². The molecule has 1 aliphatic rings. The molecule has 0 amide bonds. The average Bonchev–Trinajstić information content (AvgIpc) is 2.74.